The summed E-state index contributed by atoms with van der Waals surface area (Å²) in [4.78, 5) is 40.0. The predicted molar refractivity (Wildman–Crippen MR) is 221 cm³/mol. The van der Waals surface area contributed by atoms with E-state index in [0.717, 1.165) is 70.0 Å². The van der Waals surface area contributed by atoms with E-state index in [9.17, 15) is 14.4 Å². The number of nitrogens with zero attached hydrogens (tertiary/aromatic N) is 3. The Kier molecular flexibility index (Phi) is 45.4. The highest BCUT2D eigenvalue weighted by molar-refractivity contribution is 9.09. The molecule has 5 unspecified atom stereocenters. The molecule has 10 nitrogen and oxygen atoms in total. The fourth-order valence-electron chi connectivity index (χ4n) is 4.57. The molecule has 1 aromatic heterocycles. The molecule has 3 saturated heterocycles. The summed E-state index contributed by atoms with van der Waals surface area (Å²) in [7, 11) is 6.18. The van der Waals surface area contributed by atoms with Crippen LogP contribution in [0.3, 0.4) is 0 Å². The van der Waals surface area contributed by atoms with Gasteiger partial charge < -0.3 is 30.8 Å². The van der Waals surface area contributed by atoms with Crippen LogP contribution in [0.25, 0.3) is 0 Å². The van der Waals surface area contributed by atoms with Crippen molar-refractivity contribution in [3.8, 4) is 0 Å². The van der Waals surface area contributed by atoms with Crippen LogP contribution in [0.5, 0.6) is 0 Å². The largest absolute Gasteiger partial charge is 0.448 e. The van der Waals surface area contributed by atoms with Crippen LogP contribution in [-0.4, -0.2) is 98.9 Å². The zero-order chi connectivity index (χ0) is 31.9. The number of halogens is 1. The first-order valence-electron chi connectivity index (χ1n) is 15.1. The van der Waals surface area contributed by atoms with E-state index >= 15 is 0 Å². The number of hydrogen-bond acceptors (Lipinski definition) is 8. The summed E-state index contributed by atoms with van der Waals surface area (Å²) in [5, 5.41) is 3.59. The molecule has 3 aliphatic rings. The average Bonchev–Trinajstić information content (AvgIpc) is 3.45. The third-order valence-corrected chi connectivity index (χ3v) is 7.70. The molecule has 1 aromatic rings. The lowest BCUT2D eigenvalue weighted by Crippen LogP contribution is -2.42. The van der Waals surface area contributed by atoms with Crippen LogP contribution in [0.4, 0.5) is 0 Å². The zero-order valence-electron chi connectivity index (χ0n) is 28.2. The second kappa shape index (κ2) is 36.5. The normalized spacial score (nSPS) is 19.7. The Morgan fingerprint density at radius 2 is 1.38 bits per heavy atom. The number of carbonyl (C=O) groups is 3. The molecule has 5 atom stereocenters. The summed E-state index contributed by atoms with van der Waals surface area (Å²) < 4.78 is 5.44. The number of aryl methyl sites for hydroxylation is 1. The monoisotopic (exact) mass is 765 g/mol. The molecule has 16 heteroatoms. The van der Waals surface area contributed by atoms with E-state index in [0.29, 0.717) is 11.2 Å². The quantitative estimate of drug-likeness (QED) is 0.210. The van der Waals surface area contributed by atoms with Crippen molar-refractivity contribution in [1.82, 2.24) is 19.9 Å². The molecule has 4 heterocycles. The van der Waals surface area contributed by atoms with Gasteiger partial charge >= 0.3 is 0 Å². The molecule has 5 N–H and O–H groups in total. The molecule has 4 rings (SSSR count). The van der Waals surface area contributed by atoms with Crippen LogP contribution in [0.1, 0.15) is 85.2 Å². The van der Waals surface area contributed by atoms with Crippen molar-refractivity contribution in [1.29, 1.82) is 0 Å². The zero-order valence-corrected chi connectivity index (χ0v) is 32.6. The Morgan fingerprint density at radius 3 is 1.74 bits per heavy atom. The number of oxazole rings is 1. The topological polar surface area (TPSA) is 148 Å². The van der Waals surface area contributed by atoms with Gasteiger partial charge in [0, 0.05) is 18.4 Å². The number of alkyl halides is 1. The maximum absolute atomic E-state index is 10.8. The molecule has 0 saturated carbocycles. The van der Waals surface area contributed by atoms with Crippen LogP contribution in [0.15, 0.2) is 10.7 Å². The molecular weight excluding hydrogens is 695 g/mol. The minimum atomic E-state index is -0.165. The second-order valence-electron chi connectivity index (χ2n) is 10.8. The van der Waals surface area contributed by atoms with Gasteiger partial charge in [-0.05, 0) is 85.1 Å². The number of ketones is 1. The molecular formula is C31H71B3BrN6O4P2. The molecule has 0 bridgehead atoms. The molecule has 3 fully saturated rings. The summed E-state index contributed by atoms with van der Waals surface area (Å²) in [5.74, 6) is 1.39. The molecule has 0 spiro atoms. The van der Waals surface area contributed by atoms with E-state index in [1.54, 1.807) is 6.26 Å². The molecule has 2 amide bonds. The fourth-order valence-corrected chi connectivity index (χ4v) is 4.57. The highest BCUT2D eigenvalue weighted by Gasteiger charge is 2.24. The van der Waals surface area contributed by atoms with Crippen LogP contribution >= 0.6 is 35.7 Å². The first kappa shape index (κ1) is 58.4. The number of primary amides is 2. The van der Waals surface area contributed by atoms with Crippen molar-refractivity contribution >= 4 is 75.4 Å². The SMILES string of the molecule is C.C.C.CC(=O)CBr.C[B]C.C[B]N1CCCC(C(N)=O)C1.C[B]N1CCCC(c2nc(C)co2)C1.NC(=O)C1CCCNC1.P.P. The summed E-state index contributed by atoms with van der Waals surface area (Å²) in [6, 6.07) is 0. The van der Waals surface area contributed by atoms with Crippen molar-refractivity contribution in [3.63, 3.8) is 0 Å². The lowest BCUT2D eigenvalue weighted by molar-refractivity contribution is -0.123. The van der Waals surface area contributed by atoms with Gasteiger partial charge in [0.2, 0.25) is 26.6 Å². The molecule has 0 aliphatic carbocycles. The van der Waals surface area contributed by atoms with Crippen LogP contribution < -0.4 is 16.8 Å². The number of carbonyl (C=O) groups excluding carboxylic acids is 3. The Bertz CT molecular complexity index is 890. The van der Waals surface area contributed by atoms with Crippen molar-refractivity contribution in [2.45, 2.75) is 108 Å². The van der Waals surface area contributed by atoms with E-state index in [1.165, 1.54) is 26.3 Å². The van der Waals surface area contributed by atoms with Gasteiger partial charge in [0.05, 0.1) is 16.9 Å². The minimum absolute atomic E-state index is 0. The minimum Gasteiger partial charge on any atom is -0.448 e. The molecule has 47 heavy (non-hydrogen) atoms. The van der Waals surface area contributed by atoms with Crippen molar-refractivity contribution < 1.29 is 18.8 Å². The van der Waals surface area contributed by atoms with Gasteiger partial charge in [0.1, 0.15) is 19.3 Å². The standard InChI is InChI=1S/C10H16BN2O.C7H14BN2O.C6H12N2O.C3H5BrO.C2H6B.3CH4.2H3P/c1-8-7-14-10(12-8)9-4-3-5-13(6-9)11-2;1-8-10-4-2-3-6(5-10)7(9)11;7-6(9)5-2-1-3-8-4-5;1-3(5)2-4;1-3-2;;;;;/h7,9H,3-6H2,1-2H3;6H,2-5H2,1H3,(H2,9,11);5,8H,1-4H2,(H2,7,9);2H2,1H3;1-2H3;3*1H4;2*1H3. The lowest BCUT2D eigenvalue weighted by atomic mass is 9.87. The van der Waals surface area contributed by atoms with Crippen molar-refractivity contribution in [2.75, 3.05) is 44.6 Å². The van der Waals surface area contributed by atoms with Gasteiger partial charge in [0.15, 0.2) is 5.89 Å². The van der Waals surface area contributed by atoms with Gasteiger partial charge in [-0.3, -0.25) is 14.4 Å². The Hall–Kier alpha value is -0.765. The Morgan fingerprint density at radius 1 is 0.915 bits per heavy atom. The molecule has 0 aromatic carbocycles. The summed E-state index contributed by atoms with van der Waals surface area (Å²) in [6.07, 6.45) is 8.25. The third-order valence-electron chi connectivity index (χ3n) is 6.91. The smallest absolute Gasteiger partial charge is 0.221 e. The van der Waals surface area contributed by atoms with Crippen LogP contribution in [0.2, 0.25) is 27.3 Å². The molecule has 3 aliphatic heterocycles. The maximum Gasteiger partial charge on any atom is 0.221 e. The number of piperidine rings is 3. The van der Waals surface area contributed by atoms with Gasteiger partial charge in [-0.2, -0.15) is 19.8 Å². The van der Waals surface area contributed by atoms with Gasteiger partial charge in [-0.25, -0.2) is 4.98 Å². The third kappa shape index (κ3) is 28.7. The van der Waals surface area contributed by atoms with Crippen molar-refractivity contribution in [2.24, 2.45) is 23.3 Å². The molecule has 3 radical (unpaired) electrons. The van der Waals surface area contributed by atoms with E-state index in [2.05, 4.69) is 50.1 Å². The lowest BCUT2D eigenvalue weighted by Gasteiger charge is -2.29. The van der Waals surface area contributed by atoms with Gasteiger partial charge in [-0.15, -0.1) is 0 Å². The Labute approximate surface area is 306 Å². The van der Waals surface area contributed by atoms with Crippen LogP contribution in [0, 0.1) is 18.8 Å². The van der Waals surface area contributed by atoms with Gasteiger partial charge in [0.25, 0.3) is 0 Å². The number of rotatable bonds is 6. The molecule has 275 valence electrons. The number of nitrogens with one attached hydrogen (secondary N) is 1. The first-order valence-corrected chi connectivity index (χ1v) is 16.2. The number of amides is 2. The number of Topliss-reactive ketones (excluding diaryl/α,β-unsaturated/α-hetero) is 1. The summed E-state index contributed by atoms with van der Waals surface area (Å²) in [5.41, 5.74) is 11.3. The number of nitrogens with two attached hydrogens (primary N) is 2. The highest BCUT2D eigenvalue weighted by Crippen LogP contribution is 2.25. The van der Waals surface area contributed by atoms with Crippen molar-refractivity contribution in [3.05, 3.63) is 17.8 Å². The van der Waals surface area contributed by atoms with Gasteiger partial charge in [-0.1, -0.05) is 65.5 Å². The fraction of sp³-hybridized carbons (Fsp3) is 0.806. The van der Waals surface area contributed by atoms with Crippen LogP contribution in [-0.2, 0) is 14.4 Å². The first-order chi connectivity index (χ1) is 20.0. The predicted octanol–water partition coefficient (Wildman–Crippen LogP) is 4.93. The second-order valence-corrected chi connectivity index (χ2v) is 11.3. The Balaban J connectivity index is -0.000000117. The average molecular weight is 766 g/mol. The van der Waals surface area contributed by atoms with E-state index < -0.39 is 0 Å². The summed E-state index contributed by atoms with van der Waals surface area (Å²) >= 11 is 2.96. The number of hydrogen-bond donors (Lipinski definition) is 3. The maximum atomic E-state index is 10.8. The highest BCUT2D eigenvalue weighted by atomic mass is 79.9. The van der Waals surface area contributed by atoms with E-state index in [1.807, 2.05) is 42.1 Å². The van der Waals surface area contributed by atoms with E-state index in [4.69, 9.17) is 15.9 Å². The van der Waals surface area contributed by atoms with E-state index in [-0.39, 0.29) is 71.5 Å². The summed E-state index contributed by atoms with van der Waals surface area (Å²) in [6.45, 7) is 17.5. The number of aromatic nitrogens is 1.